The van der Waals surface area contributed by atoms with E-state index in [-0.39, 0.29) is 6.61 Å². The predicted octanol–water partition coefficient (Wildman–Crippen LogP) is 1.47. The molecule has 1 N–H and O–H groups in total. The fraction of sp³-hybridized carbons (Fsp3) is 0.286. The van der Waals surface area contributed by atoms with Crippen LogP contribution in [0.1, 0.15) is 11.1 Å². The van der Waals surface area contributed by atoms with E-state index in [0.29, 0.717) is 6.54 Å². The summed E-state index contributed by atoms with van der Waals surface area (Å²) in [7, 11) is 0. The molecule has 2 aromatic rings. The van der Waals surface area contributed by atoms with E-state index >= 15 is 0 Å². The van der Waals surface area contributed by atoms with Crippen LogP contribution in [-0.2, 0) is 13.1 Å². The zero-order valence-electron chi connectivity index (χ0n) is 10.2. The predicted molar refractivity (Wildman–Crippen MR) is 69.7 cm³/mol. The zero-order chi connectivity index (χ0) is 12.6. The molecule has 0 aliphatic heterocycles. The van der Waals surface area contributed by atoms with Gasteiger partial charge in [0, 0.05) is 44.4 Å². The van der Waals surface area contributed by atoms with Crippen LogP contribution in [0.5, 0.6) is 0 Å². The number of hydrogen-bond donors (Lipinski definition) is 1. The average molecular weight is 243 g/mol. The summed E-state index contributed by atoms with van der Waals surface area (Å²) in [6, 6.07) is 7.94. The van der Waals surface area contributed by atoms with E-state index in [2.05, 4.69) is 14.9 Å². The second-order valence-electron chi connectivity index (χ2n) is 4.16. The highest BCUT2D eigenvalue weighted by Crippen LogP contribution is 2.07. The fourth-order valence-electron chi connectivity index (χ4n) is 1.86. The molecular formula is C14H17N3O. The Balaban J connectivity index is 2.00. The molecule has 2 aromatic heterocycles. The SMILES string of the molecule is OCCN(Cc1cccnc1)Cc1cccnc1. The first-order valence-corrected chi connectivity index (χ1v) is 5.99. The van der Waals surface area contributed by atoms with Gasteiger partial charge in [-0.3, -0.25) is 14.9 Å². The number of aromatic nitrogens is 2. The third-order valence-corrected chi connectivity index (χ3v) is 2.67. The Hall–Kier alpha value is -1.78. The maximum atomic E-state index is 9.12. The molecule has 0 spiro atoms. The van der Waals surface area contributed by atoms with Crippen molar-refractivity contribution in [2.24, 2.45) is 0 Å². The Morgan fingerprint density at radius 3 is 1.89 bits per heavy atom. The maximum Gasteiger partial charge on any atom is 0.0558 e. The lowest BCUT2D eigenvalue weighted by atomic mass is 10.2. The lowest BCUT2D eigenvalue weighted by Gasteiger charge is -2.21. The summed E-state index contributed by atoms with van der Waals surface area (Å²) in [6.07, 6.45) is 7.24. The van der Waals surface area contributed by atoms with Crippen molar-refractivity contribution in [1.82, 2.24) is 14.9 Å². The molecule has 0 aliphatic rings. The van der Waals surface area contributed by atoms with Crippen molar-refractivity contribution >= 4 is 0 Å². The Kier molecular flexibility index (Phi) is 4.81. The lowest BCUT2D eigenvalue weighted by molar-refractivity contribution is 0.184. The van der Waals surface area contributed by atoms with Gasteiger partial charge in [0.2, 0.25) is 0 Å². The van der Waals surface area contributed by atoms with E-state index in [9.17, 15) is 0 Å². The molecule has 94 valence electrons. The van der Waals surface area contributed by atoms with Gasteiger partial charge >= 0.3 is 0 Å². The summed E-state index contributed by atoms with van der Waals surface area (Å²) < 4.78 is 0. The van der Waals surface area contributed by atoms with Crippen LogP contribution in [0.15, 0.2) is 49.1 Å². The molecule has 0 fully saturated rings. The van der Waals surface area contributed by atoms with Crippen LogP contribution >= 0.6 is 0 Å². The molecule has 2 heterocycles. The van der Waals surface area contributed by atoms with Crippen molar-refractivity contribution in [3.8, 4) is 0 Å². The van der Waals surface area contributed by atoms with Gasteiger partial charge in [0.15, 0.2) is 0 Å². The molecule has 0 atom stereocenters. The second kappa shape index (κ2) is 6.83. The largest absolute Gasteiger partial charge is 0.395 e. The molecule has 0 unspecified atom stereocenters. The van der Waals surface area contributed by atoms with Gasteiger partial charge in [-0.1, -0.05) is 12.1 Å². The first-order valence-electron chi connectivity index (χ1n) is 5.99. The molecule has 18 heavy (non-hydrogen) atoms. The summed E-state index contributed by atoms with van der Waals surface area (Å²) in [4.78, 5) is 10.4. The van der Waals surface area contributed by atoms with Crippen LogP contribution in [0.25, 0.3) is 0 Å². The van der Waals surface area contributed by atoms with Gasteiger partial charge in [-0.05, 0) is 23.3 Å². The van der Waals surface area contributed by atoms with Gasteiger partial charge in [0.1, 0.15) is 0 Å². The molecule has 0 saturated heterocycles. The van der Waals surface area contributed by atoms with Gasteiger partial charge in [0.25, 0.3) is 0 Å². The normalized spacial score (nSPS) is 10.8. The van der Waals surface area contributed by atoms with Crippen LogP contribution in [0.2, 0.25) is 0 Å². The number of rotatable bonds is 6. The standard InChI is InChI=1S/C14H17N3O/c18-8-7-17(11-13-3-1-5-15-9-13)12-14-4-2-6-16-10-14/h1-6,9-10,18H,7-8,11-12H2. The van der Waals surface area contributed by atoms with Crippen molar-refractivity contribution in [2.75, 3.05) is 13.2 Å². The highest BCUT2D eigenvalue weighted by atomic mass is 16.3. The minimum Gasteiger partial charge on any atom is -0.395 e. The third kappa shape index (κ3) is 3.91. The van der Waals surface area contributed by atoms with E-state index in [1.165, 1.54) is 0 Å². The van der Waals surface area contributed by atoms with Crippen LogP contribution in [-0.4, -0.2) is 33.1 Å². The molecule has 0 saturated carbocycles. The summed E-state index contributed by atoms with van der Waals surface area (Å²) in [5.74, 6) is 0. The molecule has 0 radical (unpaired) electrons. The van der Waals surface area contributed by atoms with Gasteiger partial charge in [-0.25, -0.2) is 0 Å². The number of aliphatic hydroxyl groups is 1. The first-order chi connectivity index (χ1) is 8.88. The summed E-state index contributed by atoms with van der Waals surface area (Å²) in [5, 5.41) is 9.12. The number of aliphatic hydroxyl groups excluding tert-OH is 1. The molecule has 0 amide bonds. The maximum absolute atomic E-state index is 9.12. The van der Waals surface area contributed by atoms with Gasteiger partial charge < -0.3 is 5.11 Å². The van der Waals surface area contributed by atoms with E-state index in [4.69, 9.17) is 5.11 Å². The van der Waals surface area contributed by atoms with E-state index < -0.39 is 0 Å². The number of pyridine rings is 2. The fourth-order valence-corrected chi connectivity index (χ4v) is 1.86. The number of nitrogens with zero attached hydrogens (tertiary/aromatic N) is 3. The van der Waals surface area contributed by atoms with E-state index in [0.717, 1.165) is 24.2 Å². The highest BCUT2D eigenvalue weighted by molar-refractivity contribution is 5.11. The zero-order valence-corrected chi connectivity index (χ0v) is 10.2. The molecule has 4 nitrogen and oxygen atoms in total. The van der Waals surface area contributed by atoms with Gasteiger partial charge in [0.05, 0.1) is 6.61 Å². The molecule has 0 bridgehead atoms. The second-order valence-corrected chi connectivity index (χ2v) is 4.16. The molecule has 0 aromatic carbocycles. The van der Waals surface area contributed by atoms with Gasteiger partial charge in [-0.15, -0.1) is 0 Å². The lowest BCUT2D eigenvalue weighted by Crippen LogP contribution is -2.26. The van der Waals surface area contributed by atoms with Crippen molar-refractivity contribution in [3.63, 3.8) is 0 Å². The molecular weight excluding hydrogens is 226 g/mol. The summed E-state index contributed by atoms with van der Waals surface area (Å²) in [6.45, 7) is 2.36. The molecule has 2 rings (SSSR count). The first kappa shape index (κ1) is 12.7. The Morgan fingerprint density at radius 1 is 0.944 bits per heavy atom. The monoisotopic (exact) mass is 243 g/mol. The Morgan fingerprint density at radius 2 is 1.50 bits per heavy atom. The van der Waals surface area contributed by atoms with E-state index in [1.807, 2.05) is 36.7 Å². The minimum absolute atomic E-state index is 0.153. The van der Waals surface area contributed by atoms with Crippen LogP contribution in [0.3, 0.4) is 0 Å². The van der Waals surface area contributed by atoms with Crippen LogP contribution in [0.4, 0.5) is 0 Å². The van der Waals surface area contributed by atoms with Crippen LogP contribution < -0.4 is 0 Å². The van der Waals surface area contributed by atoms with Crippen molar-refractivity contribution in [2.45, 2.75) is 13.1 Å². The van der Waals surface area contributed by atoms with Crippen molar-refractivity contribution in [1.29, 1.82) is 0 Å². The highest BCUT2D eigenvalue weighted by Gasteiger charge is 2.06. The Labute approximate surface area is 107 Å². The third-order valence-electron chi connectivity index (χ3n) is 2.67. The van der Waals surface area contributed by atoms with Crippen molar-refractivity contribution < 1.29 is 5.11 Å². The Bertz CT molecular complexity index is 406. The smallest absolute Gasteiger partial charge is 0.0558 e. The van der Waals surface area contributed by atoms with E-state index in [1.54, 1.807) is 12.4 Å². The quantitative estimate of drug-likeness (QED) is 0.834. The summed E-state index contributed by atoms with van der Waals surface area (Å²) in [5.41, 5.74) is 2.30. The van der Waals surface area contributed by atoms with Gasteiger partial charge in [-0.2, -0.15) is 0 Å². The summed E-state index contributed by atoms with van der Waals surface area (Å²) >= 11 is 0. The molecule has 4 heteroatoms. The van der Waals surface area contributed by atoms with Crippen molar-refractivity contribution in [3.05, 3.63) is 60.2 Å². The number of hydrogen-bond acceptors (Lipinski definition) is 4. The average Bonchev–Trinajstić information content (AvgIpc) is 2.41. The molecule has 0 aliphatic carbocycles. The minimum atomic E-state index is 0.153. The van der Waals surface area contributed by atoms with Crippen LogP contribution in [0, 0.1) is 0 Å². The topological polar surface area (TPSA) is 49.2 Å².